The number of nitrogens with zero attached hydrogens (tertiary/aromatic N) is 2. The van der Waals surface area contributed by atoms with Crippen molar-refractivity contribution < 1.29 is 5.11 Å². The third-order valence-electron chi connectivity index (χ3n) is 3.11. The van der Waals surface area contributed by atoms with Crippen molar-refractivity contribution in [2.45, 2.75) is 6.10 Å². The highest BCUT2D eigenvalue weighted by molar-refractivity contribution is 6.30. The zero-order valence-corrected chi connectivity index (χ0v) is 11.2. The molecule has 20 heavy (non-hydrogen) atoms. The number of hydrogen-bond acceptors (Lipinski definition) is 3. The van der Waals surface area contributed by atoms with Crippen molar-refractivity contribution in [2.24, 2.45) is 0 Å². The molecule has 1 aromatic carbocycles. The summed E-state index contributed by atoms with van der Waals surface area (Å²) in [6, 6.07) is 10.8. The zero-order valence-electron chi connectivity index (χ0n) is 10.5. The Balaban J connectivity index is 1.99. The van der Waals surface area contributed by atoms with Crippen LogP contribution in [0.2, 0.25) is 5.02 Å². The molecule has 5 heteroatoms. The molecular formula is C15H12ClN3O. The normalized spacial score (nSPS) is 12.3. The second kappa shape index (κ2) is 5.45. The van der Waals surface area contributed by atoms with Crippen LogP contribution in [0.5, 0.6) is 0 Å². The molecule has 3 aromatic rings. The summed E-state index contributed by atoms with van der Waals surface area (Å²) < 4.78 is 0. The van der Waals surface area contributed by atoms with Gasteiger partial charge in [-0.1, -0.05) is 23.7 Å². The average Bonchev–Trinajstić information content (AvgIpc) is 2.97. The predicted octanol–water partition coefficient (Wildman–Crippen LogP) is 3.21. The van der Waals surface area contributed by atoms with E-state index in [1.165, 1.54) is 0 Å². The monoisotopic (exact) mass is 285 g/mol. The van der Waals surface area contributed by atoms with E-state index < -0.39 is 6.10 Å². The lowest BCUT2D eigenvalue weighted by atomic mass is 10.0. The number of benzene rings is 1. The lowest BCUT2D eigenvalue weighted by Gasteiger charge is -2.11. The van der Waals surface area contributed by atoms with Gasteiger partial charge in [-0.05, 0) is 35.4 Å². The summed E-state index contributed by atoms with van der Waals surface area (Å²) >= 11 is 5.86. The molecule has 0 radical (unpaired) electrons. The molecule has 0 saturated carbocycles. The Morgan fingerprint density at radius 3 is 2.45 bits per heavy atom. The van der Waals surface area contributed by atoms with Gasteiger partial charge in [-0.25, -0.2) is 0 Å². The van der Waals surface area contributed by atoms with E-state index in [2.05, 4.69) is 15.2 Å². The molecule has 0 amide bonds. The average molecular weight is 286 g/mol. The smallest absolute Gasteiger partial charge is 0.123 e. The lowest BCUT2D eigenvalue weighted by molar-refractivity contribution is 0.216. The molecule has 1 unspecified atom stereocenters. The molecule has 0 saturated heterocycles. The van der Waals surface area contributed by atoms with E-state index in [0.717, 1.165) is 16.7 Å². The van der Waals surface area contributed by atoms with Gasteiger partial charge in [-0.2, -0.15) is 5.10 Å². The van der Waals surface area contributed by atoms with Crippen molar-refractivity contribution in [3.05, 3.63) is 71.3 Å². The van der Waals surface area contributed by atoms with Crippen LogP contribution in [0.25, 0.3) is 11.1 Å². The van der Waals surface area contributed by atoms with Gasteiger partial charge in [0.05, 0.1) is 0 Å². The molecule has 2 N–H and O–H groups in total. The second-order valence-corrected chi connectivity index (χ2v) is 4.81. The number of rotatable bonds is 3. The van der Waals surface area contributed by atoms with E-state index in [-0.39, 0.29) is 0 Å². The van der Waals surface area contributed by atoms with Gasteiger partial charge >= 0.3 is 0 Å². The van der Waals surface area contributed by atoms with Crippen molar-refractivity contribution in [1.82, 2.24) is 15.2 Å². The minimum absolute atomic E-state index is 0.582. The molecule has 3 rings (SSSR count). The van der Waals surface area contributed by atoms with Crippen LogP contribution in [-0.4, -0.2) is 20.3 Å². The van der Waals surface area contributed by atoms with Crippen molar-refractivity contribution in [1.29, 1.82) is 0 Å². The lowest BCUT2D eigenvalue weighted by Crippen LogP contribution is -2.01. The van der Waals surface area contributed by atoms with E-state index in [1.54, 1.807) is 42.9 Å². The highest BCUT2D eigenvalue weighted by atomic mass is 35.5. The van der Waals surface area contributed by atoms with Gasteiger partial charge in [0.1, 0.15) is 11.8 Å². The molecule has 0 aliphatic rings. The Morgan fingerprint density at radius 2 is 1.75 bits per heavy atom. The number of H-pyrrole nitrogens is 1. The van der Waals surface area contributed by atoms with Gasteiger partial charge < -0.3 is 5.11 Å². The SMILES string of the molecule is OC(c1ccc(Cl)cc1)c1n[nH]cc1-c1ccncc1. The third-order valence-corrected chi connectivity index (χ3v) is 3.36. The van der Waals surface area contributed by atoms with Crippen LogP contribution in [0, 0.1) is 0 Å². The maximum atomic E-state index is 10.5. The van der Waals surface area contributed by atoms with Crippen LogP contribution in [-0.2, 0) is 0 Å². The van der Waals surface area contributed by atoms with Crippen LogP contribution >= 0.6 is 11.6 Å². The van der Waals surface area contributed by atoms with E-state index >= 15 is 0 Å². The number of pyridine rings is 1. The molecule has 100 valence electrons. The largest absolute Gasteiger partial charge is 0.382 e. The minimum Gasteiger partial charge on any atom is -0.382 e. The van der Waals surface area contributed by atoms with Gasteiger partial charge in [0.15, 0.2) is 0 Å². The fraction of sp³-hybridized carbons (Fsp3) is 0.0667. The van der Waals surface area contributed by atoms with Gasteiger partial charge in [-0.15, -0.1) is 0 Å². The van der Waals surface area contributed by atoms with Crippen LogP contribution in [0.3, 0.4) is 0 Å². The van der Waals surface area contributed by atoms with Crippen molar-refractivity contribution in [3.8, 4) is 11.1 Å². The van der Waals surface area contributed by atoms with E-state index in [0.29, 0.717) is 10.7 Å². The summed E-state index contributed by atoms with van der Waals surface area (Å²) in [6.07, 6.45) is 4.38. The number of nitrogens with one attached hydrogen (secondary N) is 1. The first kappa shape index (κ1) is 12.8. The number of aromatic amines is 1. The van der Waals surface area contributed by atoms with Gasteiger partial charge in [0.25, 0.3) is 0 Å². The van der Waals surface area contributed by atoms with Crippen LogP contribution in [0.4, 0.5) is 0 Å². The molecule has 1 atom stereocenters. The molecule has 2 aromatic heterocycles. The number of hydrogen-bond donors (Lipinski definition) is 2. The molecular weight excluding hydrogens is 274 g/mol. The summed E-state index contributed by atoms with van der Waals surface area (Å²) in [7, 11) is 0. The molecule has 0 aliphatic heterocycles. The van der Waals surface area contributed by atoms with Crippen LogP contribution < -0.4 is 0 Å². The standard InChI is InChI=1S/C15H12ClN3O/c16-12-3-1-11(2-4-12)15(20)14-13(9-18-19-14)10-5-7-17-8-6-10/h1-9,15,20H,(H,18,19). The fourth-order valence-corrected chi connectivity index (χ4v) is 2.20. The van der Waals surface area contributed by atoms with Gasteiger partial charge in [0, 0.05) is 29.2 Å². The summed E-state index contributed by atoms with van der Waals surface area (Å²) in [4.78, 5) is 3.99. The highest BCUT2D eigenvalue weighted by Crippen LogP contribution is 2.30. The van der Waals surface area contributed by atoms with Crippen LogP contribution in [0.1, 0.15) is 17.4 Å². The maximum Gasteiger partial charge on any atom is 0.123 e. The first-order valence-electron chi connectivity index (χ1n) is 6.13. The zero-order chi connectivity index (χ0) is 13.9. The number of halogens is 1. The molecule has 0 fully saturated rings. The topological polar surface area (TPSA) is 61.8 Å². The number of aliphatic hydroxyl groups excluding tert-OH is 1. The number of aliphatic hydroxyl groups is 1. The third kappa shape index (κ3) is 2.43. The molecule has 0 aliphatic carbocycles. The molecule has 0 bridgehead atoms. The first-order chi connectivity index (χ1) is 9.75. The van der Waals surface area contributed by atoms with E-state index in [1.807, 2.05) is 12.1 Å². The predicted molar refractivity (Wildman–Crippen MR) is 77.3 cm³/mol. The van der Waals surface area contributed by atoms with Gasteiger partial charge in [0.2, 0.25) is 0 Å². The Hall–Kier alpha value is -2.17. The van der Waals surface area contributed by atoms with Crippen molar-refractivity contribution >= 4 is 11.6 Å². The Morgan fingerprint density at radius 1 is 1.05 bits per heavy atom. The maximum absolute atomic E-state index is 10.5. The summed E-state index contributed by atoms with van der Waals surface area (Å²) in [6.45, 7) is 0. The Bertz CT molecular complexity index is 695. The van der Waals surface area contributed by atoms with Gasteiger partial charge in [-0.3, -0.25) is 10.1 Å². The van der Waals surface area contributed by atoms with Crippen molar-refractivity contribution in [2.75, 3.05) is 0 Å². The molecule has 0 spiro atoms. The minimum atomic E-state index is -0.804. The Labute approximate surface area is 121 Å². The van der Waals surface area contributed by atoms with E-state index in [9.17, 15) is 5.11 Å². The summed E-state index contributed by atoms with van der Waals surface area (Å²) in [5.41, 5.74) is 3.14. The summed E-state index contributed by atoms with van der Waals surface area (Å²) in [5, 5.41) is 18.1. The van der Waals surface area contributed by atoms with E-state index in [4.69, 9.17) is 11.6 Å². The molecule has 4 nitrogen and oxygen atoms in total. The second-order valence-electron chi connectivity index (χ2n) is 4.37. The first-order valence-corrected chi connectivity index (χ1v) is 6.51. The summed E-state index contributed by atoms with van der Waals surface area (Å²) in [5.74, 6) is 0. The van der Waals surface area contributed by atoms with Crippen LogP contribution in [0.15, 0.2) is 55.0 Å². The van der Waals surface area contributed by atoms with Crippen molar-refractivity contribution in [3.63, 3.8) is 0 Å². The quantitative estimate of drug-likeness (QED) is 0.777. The fourth-order valence-electron chi connectivity index (χ4n) is 2.07. The highest BCUT2D eigenvalue weighted by Gasteiger charge is 2.18. The molecule has 2 heterocycles. The Kier molecular flexibility index (Phi) is 3.50. The number of aromatic nitrogens is 3.